The summed E-state index contributed by atoms with van der Waals surface area (Å²) in [6, 6.07) is 13.8. The van der Waals surface area contributed by atoms with Crippen molar-refractivity contribution in [3.8, 4) is 5.75 Å². The molecule has 0 spiro atoms. The summed E-state index contributed by atoms with van der Waals surface area (Å²) >= 11 is 1.54. The zero-order valence-electron chi connectivity index (χ0n) is 20.9. The monoisotopic (exact) mass is 501 g/mol. The maximum Gasteiger partial charge on any atom is 0.408 e. The lowest BCUT2D eigenvalue weighted by atomic mass is 10.0. The number of ether oxygens (including phenoxy) is 1. The van der Waals surface area contributed by atoms with E-state index in [4.69, 9.17) is 4.74 Å². The van der Waals surface area contributed by atoms with Gasteiger partial charge in [0.1, 0.15) is 23.4 Å². The summed E-state index contributed by atoms with van der Waals surface area (Å²) in [6.07, 6.45) is 1.54. The number of carbonyl (C=O) groups excluding carboxylic acids is 3. The molecule has 35 heavy (non-hydrogen) atoms. The van der Waals surface area contributed by atoms with E-state index in [1.54, 1.807) is 39.0 Å². The van der Waals surface area contributed by atoms with Gasteiger partial charge < -0.3 is 25.4 Å². The van der Waals surface area contributed by atoms with Crippen LogP contribution < -0.4 is 10.6 Å². The van der Waals surface area contributed by atoms with Gasteiger partial charge in [-0.05, 0) is 50.8 Å². The number of phenolic OH excluding ortho intramolecular Hbond substituents is 1. The molecule has 0 saturated heterocycles. The highest BCUT2D eigenvalue weighted by atomic mass is 32.2. The van der Waals surface area contributed by atoms with Crippen LogP contribution in [0.5, 0.6) is 5.75 Å². The summed E-state index contributed by atoms with van der Waals surface area (Å²) in [5.41, 5.74) is 0.462. The lowest BCUT2D eigenvalue weighted by Gasteiger charge is -2.32. The van der Waals surface area contributed by atoms with Gasteiger partial charge in [-0.15, -0.1) is 0 Å². The fraction of sp³-hybridized carbons (Fsp3) is 0.423. The van der Waals surface area contributed by atoms with Crippen molar-refractivity contribution in [3.05, 3.63) is 65.7 Å². The van der Waals surface area contributed by atoms with Gasteiger partial charge >= 0.3 is 6.09 Å². The van der Waals surface area contributed by atoms with Crippen LogP contribution in [-0.2, 0) is 20.9 Å². The van der Waals surface area contributed by atoms with E-state index in [2.05, 4.69) is 10.6 Å². The number of phenols is 1. The van der Waals surface area contributed by atoms with Gasteiger partial charge in [0.15, 0.2) is 0 Å². The third-order valence-corrected chi connectivity index (χ3v) is 5.77. The van der Waals surface area contributed by atoms with Gasteiger partial charge in [0.2, 0.25) is 11.8 Å². The van der Waals surface area contributed by atoms with Crippen molar-refractivity contribution in [1.29, 1.82) is 0 Å². The normalized spacial score (nSPS) is 12.8. The second kappa shape index (κ2) is 13.0. The number of para-hydroxylation sites is 1. The number of nitrogens with zero attached hydrogens (tertiary/aromatic N) is 1. The lowest BCUT2D eigenvalue weighted by Crippen LogP contribution is -2.51. The van der Waals surface area contributed by atoms with Crippen LogP contribution in [-0.4, -0.2) is 58.6 Å². The molecule has 2 rings (SSSR count). The average Bonchev–Trinajstić information content (AvgIpc) is 2.80. The van der Waals surface area contributed by atoms with Crippen LogP contribution in [0, 0.1) is 0 Å². The Morgan fingerprint density at radius 3 is 2.29 bits per heavy atom. The molecule has 0 aliphatic carbocycles. The summed E-state index contributed by atoms with van der Waals surface area (Å²) in [5.74, 6) is -0.408. The van der Waals surface area contributed by atoms with E-state index < -0.39 is 35.6 Å². The molecule has 0 aliphatic heterocycles. The highest BCUT2D eigenvalue weighted by Crippen LogP contribution is 2.29. The first-order valence-electron chi connectivity index (χ1n) is 11.4. The molecular formula is C26H35N3O5S. The zero-order valence-corrected chi connectivity index (χ0v) is 21.7. The second-order valence-corrected chi connectivity index (χ2v) is 10.1. The van der Waals surface area contributed by atoms with Crippen molar-refractivity contribution < 1.29 is 24.2 Å². The number of hydrogen-bond acceptors (Lipinski definition) is 6. The predicted molar refractivity (Wildman–Crippen MR) is 138 cm³/mol. The van der Waals surface area contributed by atoms with E-state index in [1.165, 1.54) is 29.8 Å². The van der Waals surface area contributed by atoms with E-state index in [0.29, 0.717) is 12.2 Å². The molecule has 0 aromatic heterocycles. The summed E-state index contributed by atoms with van der Waals surface area (Å²) in [6.45, 7) is 5.48. The maximum atomic E-state index is 13.5. The standard InChI is InChI=1S/C26H35N3O5S/c1-26(2,3)34-25(33)28-20(15-16-35-5)24(32)29(4)22(19-13-9-10-14-21(19)30)23(31)27-17-18-11-7-6-8-12-18/h6-14,20,22,30H,15-17H2,1-5H3,(H,27,31)(H,28,33). The quantitative estimate of drug-likeness (QED) is 0.456. The van der Waals surface area contributed by atoms with Crippen LogP contribution in [0.1, 0.15) is 44.4 Å². The molecule has 3 N–H and O–H groups in total. The molecule has 0 saturated carbocycles. The van der Waals surface area contributed by atoms with Crippen LogP contribution in [0.4, 0.5) is 4.79 Å². The molecule has 0 fully saturated rings. The van der Waals surface area contributed by atoms with Gasteiger partial charge in [-0.2, -0.15) is 11.8 Å². The topological polar surface area (TPSA) is 108 Å². The molecule has 0 radical (unpaired) electrons. The van der Waals surface area contributed by atoms with Crippen LogP contribution in [0.25, 0.3) is 0 Å². The van der Waals surface area contributed by atoms with Gasteiger partial charge in [0.05, 0.1) is 0 Å². The first-order chi connectivity index (χ1) is 16.5. The van der Waals surface area contributed by atoms with Gasteiger partial charge in [-0.3, -0.25) is 9.59 Å². The fourth-order valence-corrected chi connectivity index (χ4v) is 3.91. The Morgan fingerprint density at radius 1 is 1.06 bits per heavy atom. The Labute approximate surface area is 211 Å². The zero-order chi connectivity index (χ0) is 26.0. The van der Waals surface area contributed by atoms with Crippen LogP contribution in [0.2, 0.25) is 0 Å². The van der Waals surface area contributed by atoms with E-state index in [-0.39, 0.29) is 17.9 Å². The molecule has 0 heterocycles. The molecule has 9 heteroatoms. The Balaban J connectivity index is 2.30. The lowest BCUT2D eigenvalue weighted by molar-refractivity contribution is -0.141. The van der Waals surface area contributed by atoms with E-state index in [9.17, 15) is 19.5 Å². The average molecular weight is 502 g/mol. The van der Waals surface area contributed by atoms with Crippen LogP contribution >= 0.6 is 11.8 Å². The SMILES string of the molecule is CSCCC(NC(=O)OC(C)(C)C)C(=O)N(C)C(C(=O)NCc1ccccc1)c1ccccc1O. The summed E-state index contributed by atoms with van der Waals surface area (Å²) in [5, 5.41) is 16.0. The molecule has 2 atom stereocenters. The fourth-order valence-electron chi connectivity index (χ4n) is 3.44. The molecule has 2 aromatic carbocycles. The minimum Gasteiger partial charge on any atom is -0.508 e. The number of aromatic hydroxyl groups is 1. The van der Waals surface area contributed by atoms with Crippen molar-refractivity contribution >= 4 is 29.7 Å². The van der Waals surface area contributed by atoms with Gasteiger partial charge in [-0.1, -0.05) is 48.5 Å². The maximum absolute atomic E-state index is 13.5. The molecule has 2 aromatic rings. The summed E-state index contributed by atoms with van der Waals surface area (Å²) in [4.78, 5) is 40.5. The molecule has 190 valence electrons. The van der Waals surface area contributed by atoms with Gasteiger partial charge in [0.25, 0.3) is 0 Å². The Bertz CT molecular complexity index is 994. The first-order valence-corrected chi connectivity index (χ1v) is 12.8. The van der Waals surface area contributed by atoms with Crippen LogP contribution in [0.15, 0.2) is 54.6 Å². The number of thioether (sulfide) groups is 1. The van der Waals surface area contributed by atoms with Crippen LogP contribution in [0.3, 0.4) is 0 Å². The number of likely N-dealkylation sites (N-methyl/N-ethyl adjacent to an activating group) is 1. The molecule has 3 amide bonds. The van der Waals surface area contributed by atoms with Crippen molar-refractivity contribution in [2.75, 3.05) is 19.1 Å². The Kier molecular flexibility index (Phi) is 10.4. The van der Waals surface area contributed by atoms with Crippen molar-refractivity contribution in [2.24, 2.45) is 0 Å². The smallest absolute Gasteiger partial charge is 0.408 e. The molecule has 0 aliphatic rings. The number of rotatable bonds is 10. The summed E-state index contributed by atoms with van der Waals surface area (Å²) in [7, 11) is 1.49. The van der Waals surface area contributed by atoms with Crippen molar-refractivity contribution in [1.82, 2.24) is 15.5 Å². The van der Waals surface area contributed by atoms with E-state index in [1.807, 2.05) is 36.6 Å². The number of alkyl carbamates (subject to hydrolysis) is 1. The Hall–Kier alpha value is -3.20. The largest absolute Gasteiger partial charge is 0.508 e. The molecule has 2 unspecified atom stereocenters. The number of carbonyl (C=O) groups is 3. The first kappa shape index (κ1) is 28.0. The van der Waals surface area contributed by atoms with Gasteiger partial charge in [0, 0.05) is 19.2 Å². The molecule has 8 nitrogen and oxygen atoms in total. The number of amides is 3. The number of benzene rings is 2. The minimum atomic E-state index is -1.11. The molecular weight excluding hydrogens is 466 g/mol. The second-order valence-electron chi connectivity index (χ2n) is 9.09. The number of nitrogens with one attached hydrogen (secondary N) is 2. The van der Waals surface area contributed by atoms with Crippen molar-refractivity contribution in [2.45, 2.75) is 51.4 Å². The Morgan fingerprint density at radius 2 is 1.69 bits per heavy atom. The molecule has 0 bridgehead atoms. The van der Waals surface area contributed by atoms with Gasteiger partial charge in [-0.25, -0.2) is 4.79 Å². The van der Waals surface area contributed by atoms with E-state index >= 15 is 0 Å². The third-order valence-electron chi connectivity index (χ3n) is 5.12. The predicted octanol–water partition coefficient (Wildman–Crippen LogP) is 3.85. The van der Waals surface area contributed by atoms with E-state index in [0.717, 1.165) is 5.56 Å². The number of hydrogen-bond donors (Lipinski definition) is 3. The van der Waals surface area contributed by atoms with Crippen molar-refractivity contribution in [3.63, 3.8) is 0 Å². The highest BCUT2D eigenvalue weighted by molar-refractivity contribution is 7.98. The summed E-state index contributed by atoms with van der Waals surface area (Å²) < 4.78 is 5.33. The third kappa shape index (κ3) is 8.83. The minimum absolute atomic E-state index is 0.104. The highest BCUT2D eigenvalue weighted by Gasteiger charge is 2.35.